The summed E-state index contributed by atoms with van der Waals surface area (Å²) in [5, 5.41) is 9.49. The maximum absolute atomic E-state index is 14.4. The molecule has 1 unspecified atom stereocenters. The molecule has 4 heterocycles. The molecule has 1 aliphatic heterocycles. The van der Waals surface area contributed by atoms with Crippen molar-refractivity contribution in [3.05, 3.63) is 54.0 Å². The third-order valence-electron chi connectivity index (χ3n) is 11.0. The van der Waals surface area contributed by atoms with Crippen molar-refractivity contribution in [3.63, 3.8) is 0 Å². The van der Waals surface area contributed by atoms with Crippen LogP contribution in [0.25, 0.3) is 11.3 Å². The van der Waals surface area contributed by atoms with E-state index < -0.39 is 6.09 Å². The molecule has 3 aromatic heterocycles. The fourth-order valence-corrected chi connectivity index (χ4v) is 7.96. The van der Waals surface area contributed by atoms with E-state index in [1.54, 1.807) is 19.6 Å². The lowest BCUT2D eigenvalue weighted by atomic mass is 9.77. The van der Waals surface area contributed by atoms with Crippen LogP contribution in [0.15, 0.2) is 41.1 Å². The Labute approximate surface area is 282 Å². The van der Waals surface area contributed by atoms with Crippen molar-refractivity contribution in [2.24, 2.45) is 17.8 Å². The lowest BCUT2D eigenvalue weighted by Gasteiger charge is -2.39. The number of carbonyl (C=O) groups excluding carboxylic acids is 1. The summed E-state index contributed by atoms with van der Waals surface area (Å²) in [6.07, 6.45) is 12.0. The number of morpholine rings is 1. The molecule has 256 valence electrons. The zero-order valence-electron chi connectivity index (χ0n) is 28.1. The number of oxazole rings is 1. The number of amides is 2. The number of methoxy groups -OCH3 is 1. The number of anilines is 1. The first-order chi connectivity index (χ1) is 23.4. The highest BCUT2D eigenvalue weighted by Gasteiger charge is 2.37. The molecule has 0 radical (unpaired) electrons. The lowest BCUT2D eigenvalue weighted by molar-refractivity contribution is -0.124. The van der Waals surface area contributed by atoms with E-state index in [4.69, 9.17) is 28.8 Å². The molecule has 3 saturated carbocycles. The number of ether oxygens (including phenoxy) is 2. The van der Waals surface area contributed by atoms with Crippen molar-refractivity contribution in [1.29, 1.82) is 0 Å². The van der Waals surface area contributed by atoms with Crippen LogP contribution < -0.4 is 9.64 Å². The number of carbonyl (C=O) groups is 2. The minimum atomic E-state index is -0.892. The molecule has 3 aromatic rings. The van der Waals surface area contributed by atoms with Crippen molar-refractivity contribution in [1.82, 2.24) is 19.9 Å². The van der Waals surface area contributed by atoms with Gasteiger partial charge in [-0.05, 0) is 107 Å². The Bertz CT molecular complexity index is 1590. The van der Waals surface area contributed by atoms with Gasteiger partial charge in [0.15, 0.2) is 5.89 Å². The van der Waals surface area contributed by atoms with Gasteiger partial charge in [-0.15, -0.1) is 0 Å². The van der Waals surface area contributed by atoms with Crippen LogP contribution in [0.1, 0.15) is 93.3 Å². The van der Waals surface area contributed by atoms with Crippen LogP contribution in [-0.4, -0.2) is 76.4 Å². The quantitative estimate of drug-likeness (QED) is 0.263. The van der Waals surface area contributed by atoms with Gasteiger partial charge in [-0.1, -0.05) is 0 Å². The summed E-state index contributed by atoms with van der Waals surface area (Å²) in [6, 6.07) is 8.03. The predicted molar refractivity (Wildman–Crippen MR) is 179 cm³/mol. The number of hydrogen-bond donors (Lipinski definition) is 1. The van der Waals surface area contributed by atoms with Gasteiger partial charge in [-0.2, -0.15) is 0 Å². The summed E-state index contributed by atoms with van der Waals surface area (Å²) in [6.45, 7) is 3.86. The number of rotatable bonds is 9. The number of pyridine rings is 2. The summed E-state index contributed by atoms with van der Waals surface area (Å²) in [4.78, 5) is 43.8. The molecule has 7 rings (SSSR count). The standard InChI is InChI=1S/C37H47N5O6/c1-23-32(46-2)14-13-30(39-23)25-5-3-24(4-6-25)20-42(34-19-29(15-16-38-34)31-22-48-35(40-31)27-9-10-27)36(43)28-11-7-26(8-12-28)33-21-41(37(44)45)17-18-47-33/h13-16,19,22,24-28,33H,3-12,17-18,20-21H2,1-2H3,(H,44,45). The molecule has 1 atom stereocenters. The summed E-state index contributed by atoms with van der Waals surface area (Å²) in [7, 11) is 1.68. The Morgan fingerprint density at radius 3 is 2.48 bits per heavy atom. The van der Waals surface area contributed by atoms with E-state index >= 15 is 0 Å². The number of nitrogens with zero attached hydrogens (tertiary/aromatic N) is 5. The molecule has 0 bridgehead atoms. The topological polar surface area (TPSA) is 131 Å². The maximum atomic E-state index is 14.4. The van der Waals surface area contributed by atoms with Crippen molar-refractivity contribution >= 4 is 17.8 Å². The number of aromatic nitrogens is 3. The summed E-state index contributed by atoms with van der Waals surface area (Å²) < 4.78 is 17.2. The fraction of sp³-hybridized carbons (Fsp3) is 0.595. The normalized spacial score (nSPS) is 26.2. The average molecular weight is 658 g/mol. The van der Waals surface area contributed by atoms with Gasteiger partial charge in [0.25, 0.3) is 0 Å². The van der Waals surface area contributed by atoms with Gasteiger partial charge in [-0.3, -0.25) is 14.7 Å². The predicted octanol–water partition coefficient (Wildman–Crippen LogP) is 6.82. The van der Waals surface area contributed by atoms with E-state index in [1.807, 2.05) is 30.0 Å². The minimum Gasteiger partial charge on any atom is -0.495 e. The van der Waals surface area contributed by atoms with Crippen molar-refractivity contribution in [3.8, 4) is 17.0 Å². The smallest absolute Gasteiger partial charge is 0.407 e. The molecule has 2 amide bonds. The van der Waals surface area contributed by atoms with E-state index in [-0.39, 0.29) is 23.8 Å². The second-order valence-corrected chi connectivity index (χ2v) is 14.2. The summed E-state index contributed by atoms with van der Waals surface area (Å²) >= 11 is 0. The van der Waals surface area contributed by atoms with Crippen molar-refractivity contribution in [2.45, 2.75) is 89.1 Å². The Morgan fingerprint density at radius 1 is 1.00 bits per heavy atom. The second kappa shape index (κ2) is 14.2. The highest BCUT2D eigenvalue weighted by Crippen LogP contribution is 2.41. The Balaban J connectivity index is 1.05. The van der Waals surface area contributed by atoms with E-state index in [9.17, 15) is 14.7 Å². The Morgan fingerprint density at radius 2 is 1.77 bits per heavy atom. The molecular weight excluding hydrogens is 610 g/mol. The molecule has 4 aliphatic rings. The molecular formula is C37H47N5O6. The summed E-state index contributed by atoms with van der Waals surface area (Å²) in [5.74, 6) is 3.73. The Kier molecular flexibility index (Phi) is 9.66. The van der Waals surface area contributed by atoms with Crippen LogP contribution in [-0.2, 0) is 9.53 Å². The van der Waals surface area contributed by atoms with Gasteiger partial charge < -0.3 is 23.9 Å². The number of aryl methyl sites for hydroxylation is 1. The number of carboxylic acid groups (broad SMARTS) is 1. The van der Waals surface area contributed by atoms with E-state index in [0.29, 0.717) is 49.8 Å². The first kappa shape index (κ1) is 32.6. The molecule has 48 heavy (non-hydrogen) atoms. The van der Waals surface area contributed by atoms with Crippen molar-refractivity contribution in [2.75, 3.05) is 38.3 Å². The fourth-order valence-electron chi connectivity index (χ4n) is 7.96. The van der Waals surface area contributed by atoms with Gasteiger partial charge >= 0.3 is 6.09 Å². The van der Waals surface area contributed by atoms with Gasteiger partial charge in [-0.25, -0.2) is 14.8 Å². The summed E-state index contributed by atoms with van der Waals surface area (Å²) in [5.41, 5.74) is 3.72. The molecule has 1 N–H and O–H groups in total. The molecule has 4 fully saturated rings. The second-order valence-electron chi connectivity index (χ2n) is 14.2. The molecule has 0 spiro atoms. The SMILES string of the molecule is COc1ccc(C2CCC(CN(C(=O)C3CCC(C4CN(C(=O)O)CCO4)CC3)c3cc(-c4coc(C5CC5)n4)ccn3)CC2)nc1C. The Hall–Kier alpha value is -3.99. The zero-order valence-corrected chi connectivity index (χ0v) is 28.1. The third kappa shape index (κ3) is 7.21. The molecule has 1 saturated heterocycles. The highest BCUT2D eigenvalue weighted by atomic mass is 16.5. The third-order valence-corrected chi connectivity index (χ3v) is 11.0. The molecule has 3 aliphatic carbocycles. The molecule has 0 aromatic carbocycles. The van der Waals surface area contributed by atoms with Crippen LogP contribution in [0.4, 0.5) is 10.6 Å². The van der Waals surface area contributed by atoms with Crippen LogP contribution in [0, 0.1) is 24.7 Å². The van der Waals surface area contributed by atoms with Crippen molar-refractivity contribution < 1.29 is 28.6 Å². The number of hydrogen-bond acceptors (Lipinski definition) is 8. The zero-order chi connectivity index (χ0) is 33.2. The van der Waals surface area contributed by atoms with Crippen LogP contribution in [0.5, 0.6) is 5.75 Å². The highest BCUT2D eigenvalue weighted by molar-refractivity contribution is 5.94. The maximum Gasteiger partial charge on any atom is 0.407 e. The van der Waals surface area contributed by atoms with Crippen LogP contribution in [0.2, 0.25) is 0 Å². The largest absolute Gasteiger partial charge is 0.495 e. The van der Waals surface area contributed by atoms with Crippen LogP contribution in [0.3, 0.4) is 0 Å². The van der Waals surface area contributed by atoms with Gasteiger partial charge in [0.2, 0.25) is 5.91 Å². The van der Waals surface area contributed by atoms with Gasteiger partial charge in [0.05, 0.1) is 32.1 Å². The van der Waals surface area contributed by atoms with E-state index in [2.05, 4.69) is 6.07 Å². The lowest BCUT2D eigenvalue weighted by Crippen LogP contribution is -2.49. The first-order valence-electron chi connectivity index (χ1n) is 17.7. The molecule has 11 nitrogen and oxygen atoms in total. The van der Waals surface area contributed by atoms with Gasteiger partial charge in [0, 0.05) is 48.3 Å². The minimum absolute atomic E-state index is 0.109. The average Bonchev–Trinajstić information content (AvgIpc) is 3.86. The monoisotopic (exact) mass is 657 g/mol. The first-order valence-corrected chi connectivity index (χ1v) is 17.7. The molecule has 11 heteroatoms. The van der Waals surface area contributed by atoms with Crippen LogP contribution >= 0.6 is 0 Å². The van der Waals surface area contributed by atoms with E-state index in [1.165, 1.54) is 4.90 Å². The van der Waals surface area contributed by atoms with Gasteiger partial charge in [0.1, 0.15) is 23.5 Å². The van der Waals surface area contributed by atoms with E-state index in [0.717, 1.165) is 98.5 Å².